The van der Waals surface area contributed by atoms with Gasteiger partial charge in [0.15, 0.2) is 0 Å². The molecule has 0 radical (unpaired) electrons. The highest BCUT2D eigenvalue weighted by Gasteiger charge is 2.24. The molecule has 0 unspecified atom stereocenters. The van der Waals surface area contributed by atoms with E-state index in [1.807, 2.05) is 0 Å². The van der Waals surface area contributed by atoms with Gasteiger partial charge in [-0.3, -0.25) is 5.32 Å². The summed E-state index contributed by atoms with van der Waals surface area (Å²) in [7, 11) is 0. The molecule has 3 atom stereocenters. The number of carbonyl (C=O) groups is 1. The molecule has 0 heterocycles. The largest absolute Gasteiger partial charge is 0.444 e. The van der Waals surface area contributed by atoms with Gasteiger partial charge in [-0.1, -0.05) is 12.1 Å². The lowest BCUT2D eigenvalue weighted by Gasteiger charge is -2.23. The number of nitrogens with one attached hydrogen (secondary N) is 2. The van der Waals surface area contributed by atoms with Crippen LogP contribution in [-0.4, -0.2) is 63.6 Å². The van der Waals surface area contributed by atoms with Crippen LogP contribution >= 0.6 is 0 Å². The highest BCUT2D eigenvalue weighted by Crippen LogP contribution is 2.22. The van der Waals surface area contributed by atoms with Crippen molar-refractivity contribution in [3.05, 3.63) is 24.3 Å². The molecule has 1 aromatic rings. The number of amides is 1. The number of aliphatic hydroxyl groups excluding tert-OH is 4. The van der Waals surface area contributed by atoms with Crippen LogP contribution < -0.4 is 10.6 Å². The summed E-state index contributed by atoms with van der Waals surface area (Å²) in [6.45, 7) is 4.50. The highest BCUT2D eigenvalue weighted by atomic mass is 16.6. The molecule has 8 nitrogen and oxygen atoms in total. The standard InChI is InChI=1S/C16H26N2O6/c1-16(2,3)24-15(23)18-11-7-5-4-6-10(11)17-8-12(20)14(22)13(21)9-19/h4-7,12-14,17,19-22H,8-9H2,1-3H3,(H,18,23)/t12-,13+,14-/m0/s1. The van der Waals surface area contributed by atoms with Crippen LogP contribution in [0.2, 0.25) is 0 Å². The zero-order chi connectivity index (χ0) is 18.3. The van der Waals surface area contributed by atoms with Crippen molar-refractivity contribution < 1.29 is 30.0 Å². The van der Waals surface area contributed by atoms with Crippen LogP contribution in [0.25, 0.3) is 0 Å². The molecule has 1 aromatic carbocycles. The maximum Gasteiger partial charge on any atom is 0.412 e. The molecule has 0 aliphatic heterocycles. The number of carbonyl (C=O) groups excluding carboxylic acids is 1. The molecule has 136 valence electrons. The SMILES string of the molecule is CC(C)(C)OC(=O)Nc1ccccc1NC[C@H](O)[C@H](O)[C@H](O)CO. The number of benzene rings is 1. The van der Waals surface area contributed by atoms with E-state index < -0.39 is 36.6 Å². The molecule has 0 bridgehead atoms. The quantitative estimate of drug-likeness (QED) is 0.426. The number of aliphatic hydroxyl groups is 4. The lowest BCUT2D eigenvalue weighted by molar-refractivity contribution is -0.0715. The van der Waals surface area contributed by atoms with Gasteiger partial charge in [0.25, 0.3) is 0 Å². The Kier molecular flexibility index (Phi) is 7.43. The lowest BCUT2D eigenvalue weighted by Crippen LogP contribution is -2.43. The fourth-order valence-corrected chi connectivity index (χ4v) is 1.86. The Balaban J connectivity index is 2.68. The summed E-state index contributed by atoms with van der Waals surface area (Å²) in [5, 5.41) is 43.0. The zero-order valence-corrected chi connectivity index (χ0v) is 14.1. The normalized spacial score (nSPS) is 15.3. The number of ether oxygens (including phenoxy) is 1. The Bertz CT molecular complexity index is 532. The average molecular weight is 342 g/mol. The summed E-state index contributed by atoms with van der Waals surface area (Å²) in [4.78, 5) is 11.8. The minimum absolute atomic E-state index is 0.0920. The first-order chi connectivity index (χ1) is 11.1. The molecule has 0 saturated carbocycles. The summed E-state index contributed by atoms with van der Waals surface area (Å²) >= 11 is 0. The van der Waals surface area contributed by atoms with Crippen LogP contribution in [0.15, 0.2) is 24.3 Å². The van der Waals surface area contributed by atoms with Gasteiger partial charge in [-0.25, -0.2) is 4.79 Å². The van der Waals surface area contributed by atoms with E-state index in [2.05, 4.69) is 10.6 Å². The van der Waals surface area contributed by atoms with Gasteiger partial charge in [-0.2, -0.15) is 0 Å². The Morgan fingerprint density at radius 3 is 2.25 bits per heavy atom. The van der Waals surface area contributed by atoms with Crippen LogP contribution in [0.5, 0.6) is 0 Å². The summed E-state index contributed by atoms with van der Waals surface area (Å²) in [6.07, 6.45) is -4.85. The lowest BCUT2D eigenvalue weighted by atomic mass is 10.1. The van der Waals surface area contributed by atoms with Gasteiger partial charge in [0.1, 0.15) is 17.8 Å². The van der Waals surface area contributed by atoms with Gasteiger partial charge in [0, 0.05) is 6.54 Å². The maximum absolute atomic E-state index is 11.8. The molecule has 0 saturated heterocycles. The van der Waals surface area contributed by atoms with E-state index in [1.165, 1.54) is 0 Å². The van der Waals surface area contributed by atoms with Crippen LogP contribution in [0.1, 0.15) is 20.8 Å². The number of para-hydroxylation sites is 2. The van der Waals surface area contributed by atoms with Gasteiger partial charge in [0.05, 0.1) is 24.1 Å². The van der Waals surface area contributed by atoms with Crippen LogP contribution in [0.4, 0.5) is 16.2 Å². The topological polar surface area (TPSA) is 131 Å². The number of hydrogen-bond acceptors (Lipinski definition) is 7. The molecule has 24 heavy (non-hydrogen) atoms. The molecule has 6 N–H and O–H groups in total. The summed E-state index contributed by atoms with van der Waals surface area (Å²) in [5.41, 5.74) is 0.317. The molecule has 0 spiro atoms. The van der Waals surface area contributed by atoms with Crippen molar-refractivity contribution in [1.29, 1.82) is 0 Å². The van der Waals surface area contributed by atoms with Crippen LogP contribution in [0, 0.1) is 0 Å². The van der Waals surface area contributed by atoms with E-state index >= 15 is 0 Å². The molecular weight excluding hydrogens is 316 g/mol. The van der Waals surface area contributed by atoms with Gasteiger partial charge >= 0.3 is 6.09 Å². The molecule has 0 aromatic heterocycles. The Labute approximate surface area is 141 Å². The number of anilines is 2. The predicted molar refractivity (Wildman–Crippen MR) is 89.9 cm³/mol. The Hall–Kier alpha value is -1.87. The third-order valence-corrected chi connectivity index (χ3v) is 3.04. The zero-order valence-electron chi connectivity index (χ0n) is 14.1. The first-order valence-corrected chi connectivity index (χ1v) is 7.62. The van der Waals surface area contributed by atoms with E-state index in [0.29, 0.717) is 11.4 Å². The number of hydrogen-bond donors (Lipinski definition) is 6. The minimum Gasteiger partial charge on any atom is -0.444 e. The summed E-state index contributed by atoms with van der Waals surface area (Å²) in [6, 6.07) is 6.78. The third-order valence-electron chi connectivity index (χ3n) is 3.04. The first kappa shape index (κ1) is 20.2. The van der Waals surface area contributed by atoms with Crippen LogP contribution in [0.3, 0.4) is 0 Å². The molecule has 0 fully saturated rings. The molecule has 0 aliphatic rings. The van der Waals surface area contributed by atoms with E-state index in [9.17, 15) is 20.1 Å². The summed E-state index contributed by atoms with van der Waals surface area (Å²) in [5.74, 6) is 0. The molecule has 8 heteroatoms. The van der Waals surface area contributed by atoms with E-state index in [4.69, 9.17) is 9.84 Å². The molecule has 1 amide bonds. The Morgan fingerprint density at radius 2 is 1.71 bits per heavy atom. The van der Waals surface area contributed by atoms with Crippen molar-refractivity contribution in [2.24, 2.45) is 0 Å². The average Bonchev–Trinajstić information content (AvgIpc) is 2.50. The maximum atomic E-state index is 11.8. The molecule has 1 rings (SSSR count). The van der Waals surface area contributed by atoms with Crippen molar-refractivity contribution >= 4 is 17.5 Å². The first-order valence-electron chi connectivity index (χ1n) is 7.62. The smallest absolute Gasteiger partial charge is 0.412 e. The van der Waals surface area contributed by atoms with Gasteiger partial charge in [-0.05, 0) is 32.9 Å². The van der Waals surface area contributed by atoms with Crippen LogP contribution in [-0.2, 0) is 4.74 Å². The van der Waals surface area contributed by atoms with Crippen molar-refractivity contribution in [3.63, 3.8) is 0 Å². The second-order valence-electron chi connectivity index (χ2n) is 6.36. The third kappa shape index (κ3) is 6.71. The van der Waals surface area contributed by atoms with E-state index in [1.54, 1.807) is 45.0 Å². The highest BCUT2D eigenvalue weighted by molar-refractivity contribution is 5.89. The van der Waals surface area contributed by atoms with Gasteiger partial charge in [0.2, 0.25) is 0 Å². The minimum atomic E-state index is -1.49. The van der Waals surface area contributed by atoms with Crippen molar-refractivity contribution in [2.45, 2.75) is 44.7 Å². The number of rotatable bonds is 7. The van der Waals surface area contributed by atoms with Crippen molar-refractivity contribution in [1.82, 2.24) is 0 Å². The fraction of sp³-hybridized carbons (Fsp3) is 0.562. The van der Waals surface area contributed by atoms with E-state index in [0.717, 1.165) is 0 Å². The Morgan fingerprint density at radius 1 is 1.12 bits per heavy atom. The molecular formula is C16H26N2O6. The predicted octanol–water partition coefficient (Wildman–Crippen LogP) is 0.520. The second-order valence-corrected chi connectivity index (χ2v) is 6.36. The van der Waals surface area contributed by atoms with Gasteiger partial charge < -0.3 is 30.5 Å². The fourth-order valence-electron chi connectivity index (χ4n) is 1.86. The monoisotopic (exact) mass is 342 g/mol. The molecule has 0 aliphatic carbocycles. The van der Waals surface area contributed by atoms with Gasteiger partial charge in [-0.15, -0.1) is 0 Å². The van der Waals surface area contributed by atoms with Crippen molar-refractivity contribution in [3.8, 4) is 0 Å². The van der Waals surface area contributed by atoms with Crippen molar-refractivity contribution in [2.75, 3.05) is 23.8 Å². The second kappa shape index (κ2) is 8.84. The van der Waals surface area contributed by atoms with E-state index in [-0.39, 0.29) is 6.54 Å². The summed E-state index contributed by atoms with van der Waals surface area (Å²) < 4.78 is 5.18.